The van der Waals surface area contributed by atoms with Crippen LogP contribution in [0.3, 0.4) is 0 Å². The molecule has 0 spiro atoms. The molecule has 0 aliphatic rings. The Morgan fingerprint density at radius 1 is 1.19 bits per heavy atom. The number of carbonyl (C=O) groups excluding carboxylic acids is 2. The number of halogens is 3. The third-order valence-corrected chi connectivity index (χ3v) is 4.84. The molecule has 0 atom stereocenters. The first-order valence-electron chi connectivity index (χ1n) is 10.1. The summed E-state index contributed by atoms with van der Waals surface area (Å²) >= 11 is 6.12. The molecule has 7 nitrogen and oxygen atoms in total. The second kappa shape index (κ2) is 11.1. The summed E-state index contributed by atoms with van der Waals surface area (Å²) < 4.78 is 31.3. The Kier molecular flexibility index (Phi) is 8.77. The SMILES string of the molecule is CCN(CC(F)F)C(=O)Nc1cc(OC(C)C)c(C(=O)Nc2c(C)ccnc2Cl)cc1C. The summed E-state index contributed by atoms with van der Waals surface area (Å²) in [6, 6.07) is 4.12. The van der Waals surface area contributed by atoms with Crippen LogP contribution in [0.5, 0.6) is 5.75 Å². The van der Waals surface area contributed by atoms with Gasteiger partial charge in [0.05, 0.1) is 23.9 Å². The number of anilines is 2. The molecule has 1 aromatic carbocycles. The molecule has 0 radical (unpaired) electrons. The largest absolute Gasteiger partial charge is 0.490 e. The van der Waals surface area contributed by atoms with Gasteiger partial charge in [0.2, 0.25) is 0 Å². The van der Waals surface area contributed by atoms with Gasteiger partial charge in [0.25, 0.3) is 12.3 Å². The van der Waals surface area contributed by atoms with Gasteiger partial charge in [0, 0.05) is 24.5 Å². The number of urea groups is 1. The van der Waals surface area contributed by atoms with Crippen LogP contribution in [0.4, 0.5) is 25.0 Å². The number of nitrogens with one attached hydrogen (secondary N) is 2. The maximum absolute atomic E-state index is 13.0. The Balaban J connectivity index is 2.37. The van der Waals surface area contributed by atoms with E-state index in [1.165, 1.54) is 12.3 Å². The van der Waals surface area contributed by atoms with E-state index < -0.39 is 24.9 Å². The van der Waals surface area contributed by atoms with Gasteiger partial charge in [-0.3, -0.25) is 4.79 Å². The van der Waals surface area contributed by atoms with Gasteiger partial charge in [0.15, 0.2) is 5.15 Å². The van der Waals surface area contributed by atoms with E-state index in [2.05, 4.69) is 15.6 Å². The van der Waals surface area contributed by atoms with Crippen molar-refractivity contribution in [2.24, 2.45) is 0 Å². The molecule has 0 saturated carbocycles. The lowest BCUT2D eigenvalue weighted by molar-refractivity contribution is 0.102. The van der Waals surface area contributed by atoms with E-state index in [4.69, 9.17) is 16.3 Å². The number of pyridine rings is 1. The molecule has 0 fully saturated rings. The highest BCUT2D eigenvalue weighted by Crippen LogP contribution is 2.31. The maximum Gasteiger partial charge on any atom is 0.322 e. The summed E-state index contributed by atoms with van der Waals surface area (Å²) in [6.45, 7) is 8.13. The van der Waals surface area contributed by atoms with Crippen molar-refractivity contribution in [3.63, 3.8) is 0 Å². The van der Waals surface area contributed by atoms with Crippen LogP contribution in [0.15, 0.2) is 24.4 Å². The average molecular weight is 469 g/mol. The van der Waals surface area contributed by atoms with E-state index >= 15 is 0 Å². The van der Waals surface area contributed by atoms with Gasteiger partial charge >= 0.3 is 6.03 Å². The minimum absolute atomic E-state index is 0.121. The van der Waals surface area contributed by atoms with Crippen LogP contribution in [0.1, 0.15) is 42.3 Å². The minimum Gasteiger partial charge on any atom is -0.490 e. The third-order valence-electron chi connectivity index (χ3n) is 4.55. The molecule has 1 aromatic heterocycles. The number of aryl methyl sites for hydroxylation is 2. The summed E-state index contributed by atoms with van der Waals surface area (Å²) in [5.41, 5.74) is 2.26. The van der Waals surface area contributed by atoms with Crippen molar-refractivity contribution in [2.75, 3.05) is 23.7 Å². The molecular weight excluding hydrogens is 442 g/mol. The third kappa shape index (κ3) is 6.53. The predicted octanol–water partition coefficient (Wildman–Crippen LogP) is 5.51. The highest BCUT2D eigenvalue weighted by molar-refractivity contribution is 6.33. The van der Waals surface area contributed by atoms with Crippen molar-refractivity contribution in [3.05, 3.63) is 46.2 Å². The van der Waals surface area contributed by atoms with Crippen LogP contribution < -0.4 is 15.4 Å². The molecule has 10 heteroatoms. The predicted molar refractivity (Wildman–Crippen MR) is 121 cm³/mol. The van der Waals surface area contributed by atoms with E-state index in [9.17, 15) is 18.4 Å². The topological polar surface area (TPSA) is 83.6 Å². The number of rotatable bonds is 8. The van der Waals surface area contributed by atoms with Gasteiger partial charge < -0.3 is 20.3 Å². The number of benzene rings is 1. The fourth-order valence-electron chi connectivity index (χ4n) is 2.92. The number of carbonyl (C=O) groups is 2. The summed E-state index contributed by atoms with van der Waals surface area (Å²) in [5, 5.41) is 5.53. The van der Waals surface area contributed by atoms with Crippen LogP contribution in [-0.2, 0) is 0 Å². The number of ether oxygens (including phenoxy) is 1. The number of hydrogen-bond donors (Lipinski definition) is 2. The lowest BCUT2D eigenvalue weighted by Gasteiger charge is -2.23. The normalized spacial score (nSPS) is 10.9. The van der Waals surface area contributed by atoms with Crippen LogP contribution in [-0.4, -0.2) is 47.4 Å². The minimum atomic E-state index is -2.64. The standard InChI is InChI=1S/C22H27ClF2N4O3/c1-6-29(11-18(24)25)22(31)27-16-10-17(32-12(2)3)15(9-14(16)5)21(30)28-19-13(4)7-8-26-20(19)23/h7-10,12,18H,6,11H2,1-5H3,(H,27,31)(H,28,30). The molecule has 1 heterocycles. The Morgan fingerprint density at radius 2 is 1.88 bits per heavy atom. The van der Waals surface area contributed by atoms with Crippen LogP contribution >= 0.6 is 11.6 Å². The Hall–Kier alpha value is -2.94. The van der Waals surface area contributed by atoms with Crippen molar-refractivity contribution >= 4 is 34.9 Å². The van der Waals surface area contributed by atoms with Crippen molar-refractivity contribution in [3.8, 4) is 5.75 Å². The van der Waals surface area contributed by atoms with Gasteiger partial charge in [-0.1, -0.05) is 11.6 Å². The summed E-state index contributed by atoms with van der Waals surface area (Å²) in [5.74, 6) is -0.236. The van der Waals surface area contributed by atoms with Crippen LogP contribution in [0.25, 0.3) is 0 Å². The molecular formula is C22H27ClF2N4O3. The molecule has 0 aliphatic heterocycles. The van der Waals surface area contributed by atoms with Gasteiger partial charge in [0.1, 0.15) is 5.75 Å². The molecule has 3 amide bonds. The lowest BCUT2D eigenvalue weighted by Crippen LogP contribution is -2.38. The summed E-state index contributed by atoms with van der Waals surface area (Å²) in [7, 11) is 0. The summed E-state index contributed by atoms with van der Waals surface area (Å²) in [6.07, 6.45) is -1.37. The zero-order valence-electron chi connectivity index (χ0n) is 18.6. The fourth-order valence-corrected chi connectivity index (χ4v) is 3.18. The highest BCUT2D eigenvalue weighted by Gasteiger charge is 2.21. The molecule has 2 N–H and O–H groups in total. The van der Waals surface area contributed by atoms with Crippen LogP contribution in [0.2, 0.25) is 5.15 Å². The molecule has 0 bridgehead atoms. The van der Waals surface area contributed by atoms with Gasteiger partial charge in [-0.15, -0.1) is 0 Å². The zero-order valence-corrected chi connectivity index (χ0v) is 19.4. The Bertz CT molecular complexity index is 966. The Morgan fingerprint density at radius 3 is 2.44 bits per heavy atom. The highest BCUT2D eigenvalue weighted by atomic mass is 35.5. The quantitative estimate of drug-likeness (QED) is 0.500. The number of alkyl halides is 2. The number of nitrogens with zero attached hydrogens (tertiary/aromatic N) is 2. The molecule has 0 aliphatic carbocycles. The van der Waals surface area contributed by atoms with E-state index in [-0.39, 0.29) is 29.1 Å². The van der Waals surface area contributed by atoms with E-state index in [1.54, 1.807) is 46.8 Å². The number of aromatic nitrogens is 1. The Labute approximate surface area is 191 Å². The van der Waals surface area contributed by atoms with Crippen molar-refractivity contribution in [1.82, 2.24) is 9.88 Å². The zero-order chi connectivity index (χ0) is 24.0. The van der Waals surface area contributed by atoms with Gasteiger partial charge in [-0.05, 0) is 57.9 Å². The molecule has 0 unspecified atom stereocenters. The monoisotopic (exact) mass is 468 g/mol. The van der Waals surface area contributed by atoms with Crippen molar-refractivity contribution < 1.29 is 23.1 Å². The smallest absolute Gasteiger partial charge is 0.322 e. The van der Waals surface area contributed by atoms with Gasteiger partial charge in [-0.25, -0.2) is 18.6 Å². The molecule has 32 heavy (non-hydrogen) atoms. The summed E-state index contributed by atoms with van der Waals surface area (Å²) in [4.78, 5) is 30.4. The molecule has 2 rings (SSSR count). The van der Waals surface area contributed by atoms with Crippen LogP contribution in [0, 0.1) is 13.8 Å². The van der Waals surface area contributed by atoms with Crippen molar-refractivity contribution in [1.29, 1.82) is 0 Å². The lowest BCUT2D eigenvalue weighted by atomic mass is 10.1. The van der Waals surface area contributed by atoms with E-state index in [0.717, 1.165) is 10.5 Å². The average Bonchev–Trinajstić information content (AvgIpc) is 2.70. The number of amides is 3. The van der Waals surface area contributed by atoms with E-state index in [0.29, 0.717) is 16.9 Å². The second-order valence-corrected chi connectivity index (χ2v) is 7.80. The number of hydrogen-bond acceptors (Lipinski definition) is 4. The second-order valence-electron chi connectivity index (χ2n) is 7.44. The fraction of sp³-hybridized carbons (Fsp3) is 0.409. The molecule has 174 valence electrons. The first kappa shape index (κ1) is 25.3. The molecule has 0 saturated heterocycles. The first-order valence-corrected chi connectivity index (χ1v) is 10.5. The maximum atomic E-state index is 13.0. The van der Waals surface area contributed by atoms with Gasteiger partial charge in [-0.2, -0.15) is 0 Å². The van der Waals surface area contributed by atoms with Crippen molar-refractivity contribution in [2.45, 2.75) is 47.1 Å². The van der Waals surface area contributed by atoms with E-state index in [1.807, 2.05) is 0 Å². The first-order chi connectivity index (χ1) is 15.0. The molecule has 2 aromatic rings.